The molecule has 3 aromatic rings. The Kier molecular flexibility index (Phi) is 5.69. The van der Waals surface area contributed by atoms with Crippen molar-refractivity contribution in [3.8, 4) is 17.2 Å². The minimum absolute atomic E-state index is 0.332. The maximum atomic E-state index is 11.5. The van der Waals surface area contributed by atoms with Crippen LogP contribution in [0.25, 0.3) is 0 Å². The van der Waals surface area contributed by atoms with E-state index in [1.165, 1.54) is 12.5 Å². The molecule has 0 fully saturated rings. The van der Waals surface area contributed by atoms with Crippen LogP contribution >= 0.6 is 0 Å². The lowest BCUT2D eigenvalue weighted by atomic mass is 9.99. The molecule has 0 spiro atoms. The van der Waals surface area contributed by atoms with Gasteiger partial charge in [0.25, 0.3) is 0 Å². The van der Waals surface area contributed by atoms with E-state index in [4.69, 9.17) is 9.47 Å². The van der Waals surface area contributed by atoms with E-state index in [-0.39, 0.29) is 5.97 Å². The van der Waals surface area contributed by atoms with Gasteiger partial charge >= 0.3 is 5.97 Å². The molecule has 3 aromatic carbocycles. The summed E-state index contributed by atoms with van der Waals surface area (Å²) in [4.78, 5) is 11.5. The second kappa shape index (κ2) is 8.34. The van der Waals surface area contributed by atoms with Crippen molar-refractivity contribution in [3.63, 3.8) is 0 Å². The average molecular weight is 346 g/mol. The Morgan fingerprint density at radius 3 is 2.15 bits per heavy atom. The first-order chi connectivity index (χ1) is 12.7. The number of hydrogen-bond donors (Lipinski definition) is 0. The third-order valence-electron chi connectivity index (χ3n) is 4.11. The fourth-order valence-electron chi connectivity index (χ4n) is 2.93. The zero-order valence-corrected chi connectivity index (χ0v) is 15.1. The van der Waals surface area contributed by atoms with Crippen LogP contribution in [-0.2, 0) is 17.6 Å². The van der Waals surface area contributed by atoms with Crippen LogP contribution in [0.5, 0.6) is 17.2 Å². The molecule has 0 aliphatic rings. The highest BCUT2D eigenvalue weighted by Gasteiger charge is 2.17. The number of hydrogen-bond acceptors (Lipinski definition) is 3. The predicted molar refractivity (Wildman–Crippen MR) is 103 cm³/mol. The number of ether oxygens (including phenoxy) is 2. The van der Waals surface area contributed by atoms with Crippen molar-refractivity contribution >= 4 is 5.97 Å². The molecule has 0 saturated carbocycles. The molecule has 26 heavy (non-hydrogen) atoms. The molecule has 0 saturated heterocycles. The van der Waals surface area contributed by atoms with Gasteiger partial charge in [-0.15, -0.1) is 0 Å². The number of esters is 1. The highest BCUT2D eigenvalue weighted by Crippen LogP contribution is 2.37. The van der Waals surface area contributed by atoms with E-state index in [1.54, 1.807) is 0 Å². The van der Waals surface area contributed by atoms with Crippen molar-refractivity contribution < 1.29 is 14.3 Å². The molecule has 0 aliphatic heterocycles. The van der Waals surface area contributed by atoms with Gasteiger partial charge < -0.3 is 9.47 Å². The normalized spacial score (nSPS) is 10.4. The standard InChI is InChI=1S/C23H22O3/c1-3-21-22(25-17(2)24)15-14-19(16-18-10-6-4-7-11-18)23(21)26-20-12-8-5-9-13-20/h4-15H,3,16H2,1-2H3. The number of carbonyl (C=O) groups is 1. The van der Waals surface area contributed by atoms with Gasteiger partial charge in [-0.25, -0.2) is 0 Å². The van der Waals surface area contributed by atoms with Crippen molar-refractivity contribution in [1.82, 2.24) is 0 Å². The Balaban J connectivity index is 2.05. The Morgan fingerprint density at radius 2 is 1.54 bits per heavy atom. The SMILES string of the molecule is CCc1c(OC(C)=O)ccc(Cc2ccccc2)c1Oc1ccccc1. The molecule has 3 rings (SSSR count). The summed E-state index contributed by atoms with van der Waals surface area (Å²) < 4.78 is 11.6. The van der Waals surface area contributed by atoms with E-state index in [0.717, 1.165) is 29.0 Å². The van der Waals surface area contributed by atoms with E-state index in [9.17, 15) is 4.79 Å². The smallest absolute Gasteiger partial charge is 0.308 e. The van der Waals surface area contributed by atoms with Gasteiger partial charge in [0.1, 0.15) is 17.2 Å². The van der Waals surface area contributed by atoms with Gasteiger partial charge in [0.2, 0.25) is 0 Å². The average Bonchev–Trinajstić information content (AvgIpc) is 2.65. The maximum absolute atomic E-state index is 11.5. The van der Waals surface area contributed by atoms with Crippen LogP contribution in [0.3, 0.4) is 0 Å². The Labute approximate surface area is 154 Å². The van der Waals surface area contributed by atoms with E-state index >= 15 is 0 Å². The van der Waals surface area contributed by atoms with Gasteiger partial charge in [-0.3, -0.25) is 4.79 Å². The van der Waals surface area contributed by atoms with E-state index in [2.05, 4.69) is 12.1 Å². The maximum Gasteiger partial charge on any atom is 0.308 e. The number of rotatable bonds is 6. The van der Waals surface area contributed by atoms with Crippen molar-refractivity contribution in [2.45, 2.75) is 26.7 Å². The van der Waals surface area contributed by atoms with Crippen molar-refractivity contribution in [2.24, 2.45) is 0 Å². The van der Waals surface area contributed by atoms with Crippen LogP contribution in [0.1, 0.15) is 30.5 Å². The second-order valence-electron chi connectivity index (χ2n) is 6.06. The number of benzene rings is 3. The Morgan fingerprint density at radius 1 is 0.885 bits per heavy atom. The van der Waals surface area contributed by atoms with Gasteiger partial charge in [0.15, 0.2) is 0 Å². The number of carbonyl (C=O) groups excluding carboxylic acids is 1. The monoisotopic (exact) mass is 346 g/mol. The molecule has 0 unspecified atom stereocenters. The van der Waals surface area contributed by atoms with Crippen molar-refractivity contribution in [3.05, 3.63) is 89.5 Å². The fourth-order valence-corrected chi connectivity index (χ4v) is 2.93. The zero-order chi connectivity index (χ0) is 18.4. The van der Waals surface area contributed by atoms with E-state index in [1.807, 2.05) is 67.6 Å². The van der Waals surface area contributed by atoms with Crippen molar-refractivity contribution in [1.29, 1.82) is 0 Å². The molecule has 0 atom stereocenters. The topological polar surface area (TPSA) is 35.5 Å². The summed E-state index contributed by atoms with van der Waals surface area (Å²) in [6.07, 6.45) is 1.45. The first kappa shape index (κ1) is 17.7. The third-order valence-corrected chi connectivity index (χ3v) is 4.11. The zero-order valence-electron chi connectivity index (χ0n) is 15.1. The van der Waals surface area contributed by atoms with Gasteiger partial charge in [0.05, 0.1) is 0 Å². The van der Waals surface area contributed by atoms with E-state index < -0.39 is 0 Å². The molecular formula is C23H22O3. The van der Waals surface area contributed by atoms with Crippen molar-refractivity contribution in [2.75, 3.05) is 0 Å². The lowest BCUT2D eigenvalue weighted by Gasteiger charge is -2.18. The van der Waals surface area contributed by atoms with Crippen LogP contribution < -0.4 is 9.47 Å². The molecule has 0 bridgehead atoms. The van der Waals surface area contributed by atoms with E-state index in [0.29, 0.717) is 12.2 Å². The molecular weight excluding hydrogens is 324 g/mol. The molecule has 0 amide bonds. The van der Waals surface area contributed by atoms with Gasteiger partial charge in [-0.05, 0) is 35.7 Å². The highest BCUT2D eigenvalue weighted by atomic mass is 16.5. The van der Waals surface area contributed by atoms with Crippen LogP contribution in [-0.4, -0.2) is 5.97 Å². The largest absolute Gasteiger partial charge is 0.457 e. The molecule has 132 valence electrons. The summed E-state index contributed by atoms with van der Waals surface area (Å²) in [5.74, 6) is 1.75. The van der Waals surface area contributed by atoms with Crippen LogP contribution in [0.2, 0.25) is 0 Å². The second-order valence-corrected chi connectivity index (χ2v) is 6.06. The summed E-state index contributed by atoms with van der Waals surface area (Å²) in [5, 5.41) is 0. The quantitative estimate of drug-likeness (QED) is 0.433. The van der Waals surface area contributed by atoms with Gasteiger partial charge in [-0.2, -0.15) is 0 Å². The molecule has 3 nitrogen and oxygen atoms in total. The highest BCUT2D eigenvalue weighted by molar-refractivity contribution is 5.70. The Hall–Kier alpha value is -3.07. The third kappa shape index (κ3) is 4.31. The minimum atomic E-state index is -0.332. The first-order valence-electron chi connectivity index (χ1n) is 8.77. The lowest BCUT2D eigenvalue weighted by molar-refractivity contribution is -0.131. The summed E-state index contributed by atoms with van der Waals surface area (Å²) in [6, 6.07) is 23.8. The lowest BCUT2D eigenvalue weighted by Crippen LogP contribution is -2.06. The van der Waals surface area contributed by atoms with Crippen LogP contribution in [0.4, 0.5) is 0 Å². The Bertz CT molecular complexity index is 871. The molecule has 0 radical (unpaired) electrons. The predicted octanol–water partition coefficient (Wildman–Crippen LogP) is 5.56. The molecule has 0 heterocycles. The number of para-hydroxylation sites is 1. The van der Waals surface area contributed by atoms with Gasteiger partial charge in [0, 0.05) is 18.9 Å². The summed E-state index contributed by atoms with van der Waals surface area (Å²) in [5.41, 5.74) is 3.16. The molecule has 3 heteroatoms. The van der Waals surface area contributed by atoms with Gasteiger partial charge in [-0.1, -0.05) is 61.5 Å². The molecule has 0 N–H and O–H groups in total. The summed E-state index contributed by atoms with van der Waals surface area (Å²) in [6.45, 7) is 3.45. The first-order valence-corrected chi connectivity index (χ1v) is 8.77. The van der Waals surface area contributed by atoms with Crippen LogP contribution in [0, 0.1) is 0 Å². The summed E-state index contributed by atoms with van der Waals surface area (Å²) in [7, 11) is 0. The minimum Gasteiger partial charge on any atom is -0.457 e. The molecule has 0 aromatic heterocycles. The van der Waals surface area contributed by atoms with Crippen LogP contribution in [0.15, 0.2) is 72.8 Å². The summed E-state index contributed by atoms with van der Waals surface area (Å²) >= 11 is 0. The molecule has 0 aliphatic carbocycles. The fraction of sp³-hybridized carbons (Fsp3) is 0.174.